The molecule has 0 aromatic heterocycles. The molecule has 7 nitrogen and oxygen atoms in total. The van der Waals surface area contributed by atoms with Crippen molar-refractivity contribution in [3.8, 4) is 0 Å². The van der Waals surface area contributed by atoms with E-state index in [-0.39, 0.29) is 22.9 Å². The second-order valence-electron chi connectivity index (χ2n) is 6.67. The highest BCUT2D eigenvalue weighted by atomic mass is 32.2. The third-order valence-electron chi connectivity index (χ3n) is 4.43. The molecule has 0 radical (unpaired) electrons. The predicted molar refractivity (Wildman–Crippen MR) is 112 cm³/mol. The summed E-state index contributed by atoms with van der Waals surface area (Å²) in [5, 5.41) is 12.4. The van der Waals surface area contributed by atoms with Gasteiger partial charge in [0.25, 0.3) is 0 Å². The highest BCUT2D eigenvalue weighted by Gasteiger charge is 2.17. The van der Waals surface area contributed by atoms with E-state index >= 15 is 0 Å². The van der Waals surface area contributed by atoms with Crippen molar-refractivity contribution < 1.29 is 18.0 Å². The van der Waals surface area contributed by atoms with E-state index in [9.17, 15) is 18.0 Å². The molecule has 0 fully saturated rings. The molecule has 0 saturated heterocycles. The van der Waals surface area contributed by atoms with Crippen LogP contribution >= 0.6 is 0 Å². The molecular formula is C21H21N3O4S. The lowest BCUT2D eigenvalue weighted by Crippen LogP contribution is -2.42. The zero-order valence-electron chi connectivity index (χ0n) is 15.8. The molecule has 0 aliphatic carbocycles. The molecule has 2 amide bonds. The van der Waals surface area contributed by atoms with Crippen molar-refractivity contribution >= 4 is 38.3 Å². The lowest BCUT2D eigenvalue weighted by Gasteiger charge is -2.15. The summed E-state index contributed by atoms with van der Waals surface area (Å²) in [5.74, 6) is -0.759. The Hall–Kier alpha value is -3.23. The molecule has 8 heteroatoms. The summed E-state index contributed by atoms with van der Waals surface area (Å²) < 4.78 is 22.9. The third-order valence-corrected chi connectivity index (χ3v) is 5.34. The Kier molecular flexibility index (Phi) is 5.95. The molecule has 0 aliphatic heterocycles. The van der Waals surface area contributed by atoms with Crippen molar-refractivity contribution in [2.45, 2.75) is 24.3 Å². The van der Waals surface area contributed by atoms with Crippen molar-refractivity contribution in [3.05, 3.63) is 72.3 Å². The quantitative estimate of drug-likeness (QED) is 0.576. The highest BCUT2D eigenvalue weighted by molar-refractivity contribution is 7.89. The Morgan fingerprint density at radius 3 is 2.45 bits per heavy atom. The number of hydrogen-bond acceptors (Lipinski definition) is 4. The minimum atomic E-state index is -3.87. The van der Waals surface area contributed by atoms with Gasteiger partial charge >= 0.3 is 0 Å². The van der Waals surface area contributed by atoms with Gasteiger partial charge in [0.05, 0.1) is 11.3 Å². The molecule has 0 saturated carbocycles. The number of benzene rings is 3. The maximum absolute atomic E-state index is 12.4. The molecule has 4 N–H and O–H groups in total. The SMILES string of the molecule is CC(NC(=O)Cc1cccc2ccccc12)C(=O)Nc1cccc(S(N)(=O)=O)c1. The van der Waals surface area contributed by atoms with Crippen molar-refractivity contribution in [3.63, 3.8) is 0 Å². The molecule has 29 heavy (non-hydrogen) atoms. The second-order valence-corrected chi connectivity index (χ2v) is 8.23. The summed E-state index contributed by atoms with van der Waals surface area (Å²) in [5.41, 5.74) is 1.14. The first kappa shape index (κ1) is 20.5. The van der Waals surface area contributed by atoms with E-state index in [1.54, 1.807) is 6.92 Å². The maximum atomic E-state index is 12.4. The van der Waals surface area contributed by atoms with E-state index in [1.807, 2.05) is 42.5 Å². The first-order valence-corrected chi connectivity index (χ1v) is 10.5. The zero-order chi connectivity index (χ0) is 21.0. The maximum Gasteiger partial charge on any atom is 0.246 e. The molecule has 3 aromatic rings. The smallest absolute Gasteiger partial charge is 0.246 e. The van der Waals surface area contributed by atoms with Crippen LogP contribution in [0.5, 0.6) is 0 Å². The Morgan fingerprint density at radius 1 is 1.00 bits per heavy atom. The van der Waals surface area contributed by atoms with Gasteiger partial charge in [-0.1, -0.05) is 48.5 Å². The standard InChI is InChI=1S/C21H21N3O4S/c1-14(21(26)24-17-9-5-10-18(13-17)29(22,27)28)23-20(25)12-16-8-4-7-15-6-2-3-11-19(15)16/h2-11,13-14H,12H2,1H3,(H,23,25)(H,24,26)(H2,22,27,28). The number of rotatable bonds is 6. The van der Waals surface area contributed by atoms with E-state index in [4.69, 9.17) is 5.14 Å². The van der Waals surface area contributed by atoms with E-state index in [1.165, 1.54) is 24.3 Å². The average Bonchev–Trinajstić information content (AvgIpc) is 2.67. The molecule has 0 aliphatic rings. The molecule has 1 atom stereocenters. The molecule has 0 heterocycles. The van der Waals surface area contributed by atoms with Gasteiger partial charge in [0.1, 0.15) is 6.04 Å². The van der Waals surface area contributed by atoms with Crippen molar-refractivity contribution in [1.82, 2.24) is 5.32 Å². The molecule has 3 aromatic carbocycles. The molecule has 0 spiro atoms. The number of anilines is 1. The number of primary sulfonamides is 1. The number of nitrogens with two attached hydrogens (primary N) is 1. The summed E-state index contributed by atoms with van der Waals surface area (Å²) in [4.78, 5) is 24.7. The van der Waals surface area contributed by atoms with E-state index in [0.29, 0.717) is 0 Å². The van der Waals surface area contributed by atoms with E-state index < -0.39 is 22.0 Å². The molecule has 1 unspecified atom stereocenters. The number of hydrogen-bond donors (Lipinski definition) is 3. The number of carbonyl (C=O) groups is 2. The van der Waals surface area contributed by atoms with Crippen LogP contribution in [0.3, 0.4) is 0 Å². The molecule has 150 valence electrons. The minimum absolute atomic E-state index is 0.108. The Balaban J connectivity index is 1.64. The molecular weight excluding hydrogens is 390 g/mol. The number of nitrogens with one attached hydrogen (secondary N) is 2. The molecule has 3 rings (SSSR count). The topological polar surface area (TPSA) is 118 Å². The largest absolute Gasteiger partial charge is 0.344 e. The van der Waals surface area contributed by atoms with E-state index in [0.717, 1.165) is 16.3 Å². The van der Waals surface area contributed by atoms with Crippen LogP contribution < -0.4 is 15.8 Å². The second kappa shape index (κ2) is 8.42. The fraction of sp³-hybridized carbons (Fsp3) is 0.143. The van der Waals surface area contributed by atoms with Crippen LogP contribution in [0.2, 0.25) is 0 Å². The average molecular weight is 411 g/mol. The predicted octanol–water partition coefficient (Wildman–Crippen LogP) is 2.17. The number of fused-ring (bicyclic) bond motifs is 1. The van der Waals surface area contributed by atoms with Gasteiger partial charge in [-0.2, -0.15) is 0 Å². The van der Waals surface area contributed by atoms with Gasteiger partial charge in [-0.3, -0.25) is 9.59 Å². The minimum Gasteiger partial charge on any atom is -0.344 e. The van der Waals surface area contributed by atoms with Gasteiger partial charge in [0.15, 0.2) is 0 Å². The number of amides is 2. The zero-order valence-corrected chi connectivity index (χ0v) is 16.6. The Morgan fingerprint density at radius 2 is 1.69 bits per heavy atom. The van der Waals surface area contributed by atoms with Gasteiger partial charge in [-0.25, -0.2) is 13.6 Å². The van der Waals surface area contributed by atoms with Crippen LogP contribution in [0.1, 0.15) is 12.5 Å². The first-order valence-electron chi connectivity index (χ1n) is 8.94. The fourth-order valence-corrected chi connectivity index (χ4v) is 3.54. The summed E-state index contributed by atoms with van der Waals surface area (Å²) >= 11 is 0. The van der Waals surface area contributed by atoms with Crippen LogP contribution in [0.25, 0.3) is 10.8 Å². The summed E-state index contributed by atoms with van der Waals surface area (Å²) in [6.45, 7) is 1.56. The monoisotopic (exact) mass is 411 g/mol. The van der Waals surface area contributed by atoms with Crippen molar-refractivity contribution in [2.24, 2.45) is 5.14 Å². The third kappa shape index (κ3) is 5.18. The van der Waals surface area contributed by atoms with Crippen LogP contribution in [0.4, 0.5) is 5.69 Å². The van der Waals surface area contributed by atoms with Crippen LogP contribution in [-0.4, -0.2) is 26.3 Å². The van der Waals surface area contributed by atoms with Gasteiger partial charge in [0, 0.05) is 5.69 Å². The molecule has 0 bridgehead atoms. The van der Waals surface area contributed by atoms with Gasteiger partial charge in [-0.05, 0) is 41.5 Å². The van der Waals surface area contributed by atoms with Crippen LogP contribution in [-0.2, 0) is 26.0 Å². The van der Waals surface area contributed by atoms with Gasteiger partial charge in [0.2, 0.25) is 21.8 Å². The number of sulfonamides is 1. The lowest BCUT2D eigenvalue weighted by molar-refractivity contribution is -0.125. The fourth-order valence-electron chi connectivity index (χ4n) is 2.98. The Bertz CT molecular complexity index is 1170. The van der Waals surface area contributed by atoms with Gasteiger partial charge < -0.3 is 10.6 Å². The summed E-state index contributed by atoms with van der Waals surface area (Å²) in [6.07, 6.45) is 0.139. The van der Waals surface area contributed by atoms with Crippen LogP contribution in [0, 0.1) is 0 Å². The summed E-state index contributed by atoms with van der Waals surface area (Å²) in [7, 11) is -3.87. The van der Waals surface area contributed by atoms with E-state index in [2.05, 4.69) is 10.6 Å². The Labute approximate surface area is 169 Å². The van der Waals surface area contributed by atoms with Crippen molar-refractivity contribution in [1.29, 1.82) is 0 Å². The van der Waals surface area contributed by atoms with Gasteiger partial charge in [-0.15, -0.1) is 0 Å². The van der Waals surface area contributed by atoms with Crippen LogP contribution in [0.15, 0.2) is 71.6 Å². The normalized spacial score (nSPS) is 12.3. The summed E-state index contributed by atoms with van der Waals surface area (Å²) in [6, 6.07) is 18.3. The lowest BCUT2D eigenvalue weighted by atomic mass is 10.0. The first-order chi connectivity index (χ1) is 13.7. The highest BCUT2D eigenvalue weighted by Crippen LogP contribution is 2.19. The van der Waals surface area contributed by atoms with Crippen molar-refractivity contribution in [2.75, 3.05) is 5.32 Å². The number of carbonyl (C=O) groups excluding carboxylic acids is 2.